The fourth-order valence-electron chi connectivity index (χ4n) is 2.91. The Morgan fingerprint density at radius 2 is 2.05 bits per heavy atom. The number of primary amides is 1. The van der Waals surface area contributed by atoms with Gasteiger partial charge in [0.2, 0.25) is 11.8 Å². The van der Waals surface area contributed by atoms with E-state index in [0.29, 0.717) is 25.1 Å². The standard InChI is InChI=1S/C16H22FN3O2/c1-19(2)14(12-7-3-4-8-13(12)17)16(22)20-9-5-6-11(10-20)15(18)21/h3-4,7-8,11,14H,5-6,9-10H2,1-2H3,(H2,18,21)/t11-,14-/m0/s1. The van der Waals surface area contributed by atoms with Gasteiger partial charge >= 0.3 is 0 Å². The predicted molar refractivity (Wildman–Crippen MR) is 81.3 cm³/mol. The van der Waals surface area contributed by atoms with Crippen molar-refractivity contribution in [3.63, 3.8) is 0 Å². The van der Waals surface area contributed by atoms with E-state index in [-0.39, 0.29) is 17.7 Å². The van der Waals surface area contributed by atoms with Crippen molar-refractivity contribution in [3.05, 3.63) is 35.6 Å². The van der Waals surface area contributed by atoms with Crippen molar-refractivity contribution >= 4 is 11.8 Å². The van der Waals surface area contributed by atoms with E-state index < -0.39 is 11.9 Å². The number of hydrogen-bond acceptors (Lipinski definition) is 3. The topological polar surface area (TPSA) is 66.6 Å². The Morgan fingerprint density at radius 1 is 1.36 bits per heavy atom. The minimum atomic E-state index is -0.701. The van der Waals surface area contributed by atoms with Gasteiger partial charge in [0.15, 0.2) is 0 Å². The Hall–Kier alpha value is -1.95. The quantitative estimate of drug-likeness (QED) is 0.907. The number of nitrogens with two attached hydrogens (primary N) is 1. The van der Waals surface area contributed by atoms with Gasteiger partial charge in [-0.1, -0.05) is 18.2 Å². The molecule has 0 radical (unpaired) electrons. The fraction of sp³-hybridized carbons (Fsp3) is 0.500. The van der Waals surface area contributed by atoms with Crippen LogP contribution >= 0.6 is 0 Å². The number of likely N-dealkylation sites (N-methyl/N-ethyl adjacent to an activating group) is 1. The molecule has 2 rings (SSSR count). The Kier molecular flexibility index (Phi) is 5.13. The molecule has 0 aromatic heterocycles. The molecule has 2 amide bonds. The van der Waals surface area contributed by atoms with Gasteiger partial charge in [0.05, 0.1) is 5.92 Å². The summed E-state index contributed by atoms with van der Waals surface area (Å²) in [6.45, 7) is 0.883. The molecule has 2 atom stereocenters. The molecular weight excluding hydrogens is 285 g/mol. The van der Waals surface area contributed by atoms with Crippen molar-refractivity contribution in [1.29, 1.82) is 0 Å². The SMILES string of the molecule is CN(C)[C@H](C(=O)N1CCC[C@H](C(N)=O)C1)c1ccccc1F. The summed E-state index contributed by atoms with van der Waals surface area (Å²) in [5.41, 5.74) is 5.70. The molecule has 1 aliphatic rings. The minimum Gasteiger partial charge on any atom is -0.369 e. The molecular formula is C16H22FN3O2. The summed E-state index contributed by atoms with van der Waals surface area (Å²) in [5, 5.41) is 0. The Labute approximate surface area is 129 Å². The number of nitrogens with zero attached hydrogens (tertiary/aromatic N) is 2. The van der Waals surface area contributed by atoms with E-state index in [4.69, 9.17) is 5.73 Å². The van der Waals surface area contributed by atoms with E-state index in [1.54, 1.807) is 42.1 Å². The van der Waals surface area contributed by atoms with E-state index in [1.165, 1.54) is 6.07 Å². The van der Waals surface area contributed by atoms with Crippen LogP contribution in [0.5, 0.6) is 0 Å². The smallest absolute Gasteiger partial charge is 0.244 e. The zero-order valence-corrected chi connectivity index (χ0v) is 13.0. The third kappa shape index (κ3) is 3.44. The van der Waals surface area contributed by atoms with Crippen LogP contribution in [0.25, 0.3) is 0 Å². The van der Waals surface area contributed by atoms with Crippen molar-refractivity contribution < 1.29 is 14.0 Å². The Bertz CT molecular complexity index is 562. The van der Waals surface area contributed by atoms with Gasteiger partial charge in [-0.2, -0.15) is 0 Å². The number of amides is 2. The van der Waals surface area contributed by atoms with Crippen LogP contribution in [0.3, 0.4) is 0 Å². The number of hydrogen-bond donors (Lipinski definition) is 1. The molecule has 1 saturated heterocycles. The molecule has 1 aliphatic heterocycles. The van der Waals surface area contributed by atoms with Gasteiger partial charge in [-0.05, 0) is 33.0 Å². The lowest BCUT2D eigenvalue weighted by atomic mass is 9.95. The van der Waals surface area contributed by atoms with E-state index >= 15 is 0 Å². The van der Waals surface area contributed by atoms with Crippen LogP contribution in [-0.4, -0.2) is 48.8 Å². The third-order valence-electron chi connectivity index (χ3n) is 4.09. The molecule has 5 nitrogen and oxygen atoms in total. The van der Waals surface area contributed by atoms with Crippen molar-refractivity contribution in [2.24, 2.45) is 11.7 Å². The minimum absolute atomic E-state index is 0.193. The molecule has 0 bridgehead atoms. The van der Waals surface area contributed by atoms with Crippen molar-refractivity contribution in [2.75, 3.05) is 27.2 Å². The first-order valence-electron chi connectivity index (χ1n) is 7.40. The summed E-state index contributed by atoms with van der Waals surface area (Å²) in [4.78, 5) is 27.5. The molecule has 6 heteroatoms. The van der Waals surface area contributed by atoms with Crippen LogP contribution in [0, 0.1) is 11.7 Å². The lowest BCUT2D eigenvalue weighted by Crippen LogP contribution is -2.48. The molecule has 0 unspecified atom stereocenters. The van der Waals surface area contributed by atoms with Gasteiger partial charge in [0, 0.05) is 18.7 Å². The highest BCUT2D eigenvalue weighted by molar-refractivity contribution is 5.84. The predicted octanol–water partition coefficient (Wildman–Crippen LogP) is 1.15. The molecule has 2 N–H and O–H groups in total. The number of carbonyl (C=O) groups excluding carboxylic acids is 2. The maximum absolute atomic E-state index is 14.1. The molecule has 1 aromatic carbocycles. The summed E-state index contributed by atoms with van der Waals surface area (Å²) in [5.74, 6) is -1.30. The van der Waals surface area contributed by atoms with Gasteiger partial charge in [-0.25, -0.2) is 4.39 Å². The second-order valence-corrected chi connectivity index (χ2v) is 5.91. The number of likely N-dealkylation sites (tertiary alicyclic amines) is 1. The van der Waals surface area contributed by atoms with E-state index in [0.717, 1.165) is 6.42 Å². The van der Waals surface area contributed by atoms with Gasteiger partial charge in [-0.3, -0.25) is 14.5 Å². The van der Waals surface area contributed by atoms with Crippen LogP contribution in [0.15, 0.2) is 24.3 Å². The van der Waals surface area contributed by atoms with E-state index in [9.17, 15) is 14.0 Å². The van der Waals surface area contributed by atoms with Crippen molar-refractivity contribution in [3.8, 4) is 0 Å². The van der Waals surface area contributed by atoms with Crippen LogP contribution in [0.1, 0.15) is 24.4 Å². The van der Waals surface area contributed by atoms with Gasteiger partial charge in [0.25, 0.3) is 0 Å². The van der Waals surface area contributed by atoms with Crippen LogP contribution in [0.4, 0.5) is 4.39 Å². The number of rotatable bonds is 4. The number of benzene rings is 1. The zero-order valence-electron chi connectivity index (χ0n) is 13.0. The monoisotopic (exact) mass is 307 g/mol. The van der Waals surface area contributed by atoms with Crippen LogP contribution in [-0.2, 0) is 9.59 Å². The molecule has 1 fully saturated rings. The van der Waals surface area contributed by atoms with Gasteiger partial charge in [0.1, 0.15) is 11.9 Å². The second kappa shape index (κ2) is 6.87. The summed E-state index contributed by atoms with van der Waals surface area (Å²) >= 11 is 0. The van der Waals surface area contributed by atoms with Crippen LogP contribution < -0.4 is 5.73 Å². The summed E-state index contributed by atoms with van der Waals surface area (Å²) in [6, 6.07) is 5.58. The van der Waals surface area contributed by atoms with E-state index in [1.807, 2.05) is 0 Å². The average Bonchev–Trinajstić information content (AvgIpc) is 2.49. The molecule has 22 heavy (non-hydrogen) atoms. The molecule has 1 heterocycles. The van der Waals surface area contributed by atoms with Gasteiger partial charge in [-0.15, -0.1) is 0 Å². The number of carbonyl (C=O) groups is 2. The van der Waals surface area contributed by atoms with Crippen molar-refractivity contribution in [1.82, 2.24) is 9.80 Å². The lowest BCUT2D eigenvalue weighted by molar-refractivity contribution is -0.139. The average molecular weight is 307 g/mol. The highest BCUT2D eigenvalue weighted by Crippen LogP contribution is 2.26. The molecule has 0 saturated carbocycles. The highest BCUT2D eigenvalue weighted by atomic mass is 19.1. The highest BCUT2D eigenvalue weighted by Gasteiger charge is 2.33. The molecule has 0 aliphatic carbocycles. The fourth-order valence-corrected chi connectivity index (χ4v) is 2.91. The summed E-state index contributed by atoms with van der Waals surface area (Å²) in [7, 11) is 3.48. The third-order valence-corrected chi connectivity index (χ3v) is 4.09. The van der Waals surface area contributed by atoms with E-state index in [2.05, 4.69) is 0 Å². The molecule has 1 aromatic rings. The lowest BCUT2D eigenvalue weighted by Gasteiger charge is -2.35. The Balaban J connectivity index is 2.24. The zero-order chi connectivity index (χ0) is 16.3. The first kappa shape index (κ1) is 16.4. The second-order valence-electron chi connectivity index (χ2n) is 5.91. The molecule has 120 valence electrons. The number of piperidine rings is 1. The number of halogens is 1. The van der Waals surface area contributed by atoms with Crippen LogP contribution in [0.2, 0.25) is 0 Å². The molecule has 0 spiro atoms. The normalized spacial score (nSPS) is 20.0. The first-order chi connectivity index (χ1) is 10.4. The maximum Gasteiger partial charge on any atom is 0.244 e. The van der Waals surface area contributed by atoms with Gasteiger partial charge < -0.3 is 10.6 Å². The summed E-state index contributed by atoms with van der Waals surface area (Å²) < 4.78 is 14.1. The van der Waals surface area contributed by atoms with Crippen molar-refractivity contribution in [2.45, 2.75) is 18.9 Å². The largest absolute Gasteiger partial charge is 0.369 e. The summed E-state index contributed by atoms with van der Waals surface area (Å²) in [6.07, 6.45) is 1.43. The Morgan fingerprint density at radius 3 is 2.64 bits per heavy atom. The first-order valence-corrected chi connectivity index (χ1v) is 7.40. The maximum atomic E-state index is 14.1.